The molecule has 4 nitrogen and oxygen atoms in total. The van der Waals surface area contributed by atoms with Crippen LogP contribution in [0.3, 0.4) is 0 Å². The van der Waals surface area contributed by atoms with E-state index >= 15 is 0 Å². The fourth-order valence-corrected chi connectivity index (χ4v) is 2.72. The number of halogens is 1. The smallest absolute Gasteiger partial charge is 0.266 e. The van der Waals surface area contributed by atoms with Crippen LogP contribution < -0.4 is 10.3 Å². The van der Waals surface area contributed by atoms with E-state index in [9.17, 15) is 10.1 Å². The Bertz CT molecular complexity index is 968. The van der Waals surface area contributed by atoms with Crippen LogP contribution in [0, 0.1) is 11.3 Å². The summed E-state index contributed by atoms with van der Waals surface area (Å²) < 4.78 is 6.11. The van der Waals surface area contributed by atoms with Gasteiger partial charge in [0.15, 0.2) is 0 Å². The third-order valence-corrected chi connectivity index (χ3v) is 4.23. The van der Waals surface area contributed by atoms with Crippen LogP contribution in [0.2, 0.25) is 0 Å². The molecule has 2 aromatic carbocycles. The highest BCUT2D eigenvalue weighted by Gasteiger charge is 2.12. The van der Waals surface area contributed by atoms with Crippen molar-refractivity contribution in [2.24, 2.45) is 0 Å². The molecule has 1 N–H and O–H groups in total. The van der Waals surface area contributed by atoms with Crippen molar-refractivity contribution in [3.8, 4) is 34.2 Å². The van der Waals surface area contributed by atoms with Gasteiger partial charge in [0, 0.05) is 15.7 Å². The van der Waals surface area contributed by atoms with Gasteiger partial charge in [-0.05, 0) is 41.5 Å². The molecular weight excluding hydrogens is 368 g/mol. The number of hydrogen-bond acceptors (Lipinski definition) is 3. The molecule has 118 valence electrons. The van der Waals surface area contributed by atoms with Gasteiger partial charge >= 0.3 is 0 Å². The molecule has 0 amide bonds. The maximum absolute atomic E-state index is 12.3. The summed E-state index contributed by atoms with van der Waals surface area (Å²) in [5.74, 6) is 0.718. The van der Waals surface area contributed by atoms with Gasteiger partial charge in [-0.15, -0.1) is 0 Å². The van der Waals surface area contributed by atoms with Gasteiger partial charge in [0.05, 0.1) is 7.11 Å². The summed E-state index contributed by atoms with van der Waals surface area (Å²) in [6.45, 7) is 0. The van der Waals surface area contributed by atoms with E-state index in [4.69, 9.17) is 4.74 Å². The highest BCUT2D eigenvalue weighted by atomic mass is 79.9. The van der Waals surface area contributed by atoms with Crippen LogP contribution in [-0.2, 0) is 0 Å². The SMILES string of the molecule is COc1ccc(-c2cc(-c3ccc(Br)cc3)[nH]c(=O)c2C#N)cc1. The fourth-order valence-electron chi connectivity index (χ4n) is 2.45. The van der Waals surface area contributed by atoms with Gasteiger partial charge in [-0.1, -0.05) is 40.2 Å². The van der Waals surface area contributed by atoms with Crippen molar-refractivity contribution in [3.63, 3.8) is 0 Å². The van der Waals surface area contributed by atoms with Crippen LogP contribution >= 0.6 is 15.9 Å². The van der Waals surface area contributed by atoms with E-state index in [1.54, 1.807) is 19.2 Å². The van der Waals surface area contributed by atoms with Gasteiger partial charge in [0.1, 0.15) is 17.4 Å². The van der Waals surface area contributed by atoms with E-state index in [0.29, 0.717) is 11.3 Å². The largest absolute Gasteiger partial charge is 0.497 e. The fraction of sp³-hybridized carbons (Fsp3) is 0.0526. The molecular formula is C19H13BrN2O2. The maximum atomic E-state index is 12.3. The summed E-state index contributed by atoms with van der Waals surface area (Å²) in [7, 11) is 1.59. The van der Waals surface area contributed by atoms with E-state index < -0.39 is 5.56 Å². The van der Waals surface area contributed by atoms with Gasteiger partial charge in [0.2, 0.25) is 0 Å². The van der Waals surface area contributed by atoms with E-state index in [1.165, 1.54) is 0 Å². The number of ether oxygens (including phenoxy) is 1. The number of nitrogens with one attached hydrogen (secondary N) is 1. The van der Waals surface area contributed by atoms with Crippen molar-refractivity contribution in [3.05, 3.63) is 75.0 Å². The zero-order valence-corrected chi connectivity index (χ0v) is 14.4. The summed E-state index contributed by atoms with van der Waals surface area (Å²) in [4.78, 5) is 15.1. The van der Waals surface area contributed by atoms with Gasteiger partial charge in [-0.25, -0.2) is 0 Å². The van der Waals surface area contributed by atoms with Crippen LogP contribution in [0.4, 0.5) is 0 Å². The van der Waals surface area contributed by atoms with E-state index in [2.05, 4.69) is 20.9 Å². The predicted molar refractivity (Wildman–Crippen MR) is 96.9 cm³/mol. The topological polar surface area (TPSA) is 65.9 Å². The van der Waals surface area contributed by atoms with Gasteiger partial charge in [-0.2, -0.15) is 5.26 Å². The van der Waals surface area contributed by atoms with E-state index in [0.717, 1.165) is 21.3 Å². The van der Waals surface area contributed by atoms with Crippen LogP contribution in [0.15, 0.2) is 63.9 Å². The predicted octanol–water partition coefficient (Wildman–Crippen LogP) is 4.35. The van der Waals surface area contributed by atoms with Crippen molar-refractivity contribution in [1.29, 1.82) is 5.26 Å². The van der Waals surface area contributed by atoms with Crippen molar-refractivity contribution < 1.29 is 4.74 Å². The van der Waals surface area contributed by atoms with Crippen molar-refractivity contribution in [1.82, 2.24) is 4.98 Å². The minimum absolute atomic E-state index is 0.0982. The van der Waals surface area contributed by atoms with E-state index in [1.807, 2.05) is 48.5 Å². The number of methoxy groups -OCH3 is 1. The Hall–Kier alpha value is -2.84. The monoisotopic (exact) mass is 380 g/mol. The lowest BCUT2D eigenvalue weighted by Crippen LogP contribution is -2.12. The highest BCUT2D eigenvalue weighted by Crippen LogP contribution is 2.28. The lowest BCUT2D eigenvalue weighted by molar-refractivity contribution is 0.415. The first-order chi connectivity index (χ1) is 11.6. The first-order valence-corrected chi connectivity index (χ1v) is 7.99. The number of hydrogen-bond donors (Lipinski definition) is 1. The summed E-state index contributed by atoms with van der Waals surface area (Å²) in [5.41, 5.74) is 2.62. The molecule has 3 aromatic rings. The number of benzene rings is 2. The Morgan fingerprint density at radius 2 is 1.67 bits per heavy atom. The van der Waals surface area contributed by atoms with Crippen LogP contribution in [0.25, 0.3) is 22.4 Å². The normalized spacial score (nSPS) is 10.2. The standard InChI is InChI=1S/C19H13BrN2O2/c1-24-15-8-4-12(5-9-15)16-10-18(22-19(23)17(16)11-21)13-2-6-14(20)7-3-13/h2-10H,1H3,(H,22,23). The van der Waals surface area contributed by atoms with Crippen LogP contribution in [0.1, 0.15) is 5.56 Å². The molecule has 5 heteroatoms. The molecule has 0 saturated heterocycles. The number of H-pyrrole nitrogens is 1. The third kappa shape index (κ3) is 3.10. The number of rotatable bonds is 3. The summed E-state index contributed by atoms with van der Waals surface area (Å²) in [6, 6.07) is 18.7. The second-order valence-corrected chi connectivity index (χ2v) is 6.06. The Balaban J connectivity index is 2.18. The van der Waals surface area contributed by atoms with Crippen molar-refractivity contribution in [2.75, 3.05) is 7.11 Å². The second-order valence-electron chi connectivity index (χ2n) is 5.15. The molecule has 0 aliphatic carbocycles. The first kappa shape index (κ1) is 16.0. The second kappa shape index (κ2) is 6.73. The maximum Gasteiger partial charge on any atom is 0.266 e. The quantitative estimate of drug-likeness (QED) is 0.734. The van der Waals surface area contributed by atoms with Gasteiger partial charge in [0.25, 0.3) is 5.56 Å². The number of pyridine rings is 1. The summed E-state index contributed by atoms with van der Waals surface area (Å²) >= 11 is 3.39. The Kier molecular flexibility index (Phi) is 4.50. The minimum Gasteiger partial charge on any atom is -0.497 e. The average molecular weight is 381 g/mol. The van der Waals surface area contributed by atoms with Crippen molar-refractivity contribution in [2.45, 2.75) is 0 Å². The average Bonchev–Trinajstić information content (AvgIpc) is 2.61. The zero-order valence-electron chi connectivity index (χ0n) is 12.8. The lowest BCUT2D eigenvalue weighted by Gasteiger charge is -2.09. The zero-order chi connectivity index (χ0) is 17.1. The minimum atomic E-state index is -0.399. The van der Waals surface area contributed by atoms with Gasteiger partial charge in [-0.3, -0.25) is 4.79 Å². The molecule has 0 atom stereocenters. The summed E-state index contributed by atoms with van der Waals surface area (Å²) in [5, 5.41) is 9.36. The molecule has 0 bridgehead atoms. The van der Waals surface area contributed by atoms with E-state index in [-0.39, 0.29) is 5.56 Å². The lowest BCUT2D eigenvalue weighted by atomic mass is 9.99. The van der Waals surface area contributed by atoms with Crippen LogP contribution in [0.5, 0.6) is 5.75 Å². The molecule has 0 aliphatic rings. The molecule has 0 saturated carbocycles. The molecule has 1 aromatic heterocycles. The highest BCUT2D eigenvalue weighted by molar-refractivity contribution is 9.10. The van der Waals surface area contributed by atoms with Crippen LogP contribution in [-0.4, -0.2) is 12.1 Å². The molecule has 0 unspecified atom stereocenters. The Morgan fingerprint density at radius 3 is 2.25 bits per heavy atom. The number of aromatic nitrogens is 1. The van der Waals surface area contributed by atoms with Gasteiger partial charge < -0.3 is 9.72 Å². The molecule has 0 radical (unpaired) electrons. The third-order valence-electron chi connectivity index (χ3n) is 3.70. The summed E-state index contributed by atoms with van der Waals surface area (Å²) in [6.07, 6.45) is 0. The number of aromatic amines is 1. The molecule has 0 spiro atoms. The Morgan fingerprint density at radius 1 is 1.04 bits per heavy atom. The molecule has 0 aliphatic heterocycles. The molecule has 3 rings (SSSR count). The molecule has 24 heavy (non-hydrogen) atoms. The number of nitriles is 1. The first-order valence-electron chi connectivity index (χ1n) is 7.20. The Labute approximate surface area is 147 Å². The van der Waals surface area contributed by atoms with Crippen molar-refractivity contribution >= 4 is 15.9 Å². The molecule has 1 heterocycles. The number of nitrogens with zero attached hydrogens (tertiary/aromatic N) is 1. The molecule has 0 fully saturated rings.